The molecule has 2 aliphatic rings. The van der Waals surface area contributed by atoms with E-state index in [1.54, 1.807) is 34.6 Å². The Bertz CT molecular complexity index is 783. The first kappa shape index (κ1) is 21.8. The van der Waals surface area contributed by atoms with E-state index in [-0.39, 0.29) is 42.3 Å². The topological polar surface area (TPSA) is 114 Å². The lowest BCUT2D eigenvalue weighted by atomic mass is 10.1. The molecule has 154 valence electrons. The fourth-order valence-corrected chi connectivity index (χ4v) is 2.59. The standard InChI is InChI=1S/C19H24O9/c1-7-11(13-9-25-19(5,6)28-13)15(21)17(23)26-16(22)14(20)10(2)12-8-24-18(3,4)27-12/h7-9H2,1-6H3. The van der Waals surface area contributed by atoms with Crippen molar-refractivity contribution in [2.45, 2.75) is 59.5 Å². The Morgan fingerprint density at radius 3 is 1.75 bits per heavy atom. The van der Waals surface area contributed by atoms with E-state index in [0.717, 1.165) is 0 Å². The van der Waals surface area contributed by atoms with Crippen molar-refractivity contribution in [2.24, 2.45) is 0 Å². The highest BCUT2D eigenvalue weighted by Gasteiger charge is 2.37. The molecule has 0 amide bonds. The molecule has 0 radical (unpaired) electrons. The van der Waals surface area contributed by atoms with Crippen LogP contribution in [0.25, 0.3) is 0 Å². The Morgan fingerprint density at radius 1 is 0.857 bits per heavy atom. The highest BCUT2D eigenvalue weighted by Crippen LogP contribution is 2.29. The van der Waals surface area contributed by atoms with Gasteiger partial charge in [0.1, 0.15) is 24.7 Å². The first-order valence-electron chi connectivity index (χ1n) is 8.79. The molecular weight excluding hydrogens is 372 g/mol. The van der Waals surface area contributed by atoms with E-state index in [9.17, 15) is 19.2 Å². The summed E-state index contributed by atoms with van der Waals surface area (Å²) in [6.07, 6.45) is 0.161. The van der Waals surface area contributed by atoms with Crippen LogP contribution in [0.2, 0.25) is 0 Å². The summed E-state index contributed by atoms with van der Waals surface area (Å²) in [5, 5.41) is 0. The molecule has 0 bridgehead atoms. The summed E-state index contributed by atoms with van der Waals surface area (Å²) >= 11 is 0. The molecule has 2 saturated heterocycles. The third-order valence-electron chi connectivity index (χ3n) is 4.12. The highest BCUT2D eigenvalue weighted by molar-refractivity contribution is 6.48. The molecule has 2 heterocycles. The molecule has 0 unspecified atom stereocenters. The molecule has 0 aromatic heterocycles. The van der Waals surface area contributed by atoms with E-state index in [1.807, 2.05) is 0 Å². The Labute approximate surface area is 162 Å². The average Bonchev–Trinajstić information content (AvgIpc) is 3.15. The van der Waals surface area contributed by atoms with Crippen molar-refractivity contribution in [2.75, 3.05) is 13.2 Å². The van der Waals surface area contributed by atoms with Crippen molar-refractivity contribution in [3.8, 4) is 0 Å². The van der Waals surface area contributed by atoms with Gasteiger partial charge in [-0.1, -0.05) is 6.92 Å². The molecule has 2 aliphatic heterocycles. The Balaban J connectivity index is 2.08. The first-order valence-corrected chi connectivity index (χ1v) is 8.79. The number of hydrogen-bond acceptors (Lipinski definition) is 9. The van der Waals surface area contributed by atoms with Crippen molar-refractivity contribution in [1.29, 1.82) is 0 Å². The zero-order valence-corrected chi connectivity index (χ0v) is 16.8. The van der Waals surface area contributed by atoms with Crippen LogP contribution in [-0.2, 0) is 42.9 Å². The maximum absolute atomic E-state index is 12.4. The lowest BCUT2D eigenvalue weighted by Crippen LogP contribution is -2.29. The number of esters is 2. The number of carbonyl (C=O) groups excluding carboxylic acids is 4. The molecular formula is C19H24O9. The maximum Gasteiger partial charge on any atom is 0.387 e. The number of hydrogen-bond donors (Lipinski definition) is 0. The number of ether oxygens (including phenoxy) is 5. The van der Waals surface area contributed by atoms with Gasteiger partial charge in [-0.3, -0.25) is 9.59 Å². The second-order valence-corrected chi connectivity index (χ2v) is 7.22. The molecule has 9 heteroatoms. The van der Waals surface area contributed by atoms with Crippen LogP contribution in [0.1, 0.15) is 48.0 Å². The highest BCUT2D eigenvalue weighted by atomic mass is 16.7. The Kier molecular flexibility index (Phi) is 6.10. The van der Waals surface area contributed by atoms with E-state index in [0.29, 0.717) is 0 Å². The van der Waals surface area contributed by atoms with Crippen LogP contribution in [0.5, 0.6) is 0 Å². The molecule has 0 spiro atoms. The summed E-state index contributed by atoms with van der Waals surface area (Å²) in [7, 11) is 0. The number of Topliss-reactive ketones (excluding diaryl/α,β-unsaturated/α-hetero) is 2. The third kappa shape index (κ3) is 4.85. The fraction of sp³-hybridized carbons (Fsp3) is 0.579. The molecule has 2 rings (SSSR count). The zero-order chi connectivity index (χ0) is 21.3. The van der Waals surface area contributed by atoms with Crippen LogP contribution in [0.4, 0.5) is 0 Å². The quantitative estimate of drug-likeness (QED) is 0.296. The monoisotopic (exact) mass is 396 g/mol. The largest absolute Gasteiger partial charge is 0.464 e. The lowest BCUT2D eigenvalue weighted by molar-refractivity contribution is -0.166. The van der Waals surface area contributed by atoms with Gasteiger partial charge >= 0.3 is 11.9 Å². The normalized spacial score (nSPS) is 23.4. The molecule has 0 aromatic carbocycles. The van der Waals surface area contributed by atoms with Crippen molar-refractivity contribution in [3.63, 3.8) is 0 Å². The average molecular weight is 396 g/mol. The molecule has 0 aromatic rings. The van der Waals surface area contributed by atoms with Crippen LogP contribution < -0.4 is 0 Å². The van der Waals surface area contributed by atoms with Gasteiger partial charge in [-0.25, -0.2) is 9.59 Å². The zero-order valence-electron chi connectivity index (χ0n) is 16.8. The molecule has 0 N–H and O–H groups in total. The van der Waals surface area contributed by atoms with Crippen LogP contribution in [0.3, 0.4) is 0 Å². The van der Waals surface area contributed by atoms with Gasteiger partial charge in [0.2, 0.25) is 11.6 Å². The van der Waals surface area contributed by atoms with Crippen molar-refractivity contribution >= 4 is 23.5 Å². The molecule has 28 heavy (non-hydrogen) atoms. The summed E-state index contributed by atoms with van der Waals surface area (Å²) < 4.78 is 26.0. The molecule has 2 fully saturated rings. The number of rotatable bonds is 5. The predicted molar refractivity (Wildman–Crippen MR) is 93.4 cm³/mol. The fourth-order valence-electron chi connectivity index (χ4n) is 2.59. The van der Waals surface area contributed by atoms with E-state index in [4.69, 9.17) is 18.9 Å². The van der Waals surface area contributed by atoms with Gasteiger partial charge in [0.15, 0.2) is 0 Å². The first-order chi connectivity index (χ1) is 12.9. The van der Waals surface area contributed by atoms with Gasteiger partial charge in [-0.05, 0) is 13.3 Å². The van der Waals surface area contributed by atoms with Crippen molar-refractivity contribution in [3.05, 3.63) is 22.7 Å². The minimum absolute atomic E-state index is 0.00390. The predicted octanol–water partition coefficient (Wildman–Crippen LogP) is 1.70. The van der Waals surface area contributed by atoms with Crippen LogP contribution in [0, 0.1) is 0 Å². The van der Waals surface area contributed by atoms with Crippen molar-refractivity contribution < 1.29 is 42.9 Å². The molecule has 9 nitrogen and oxygen atoms in total. The van der Waals surface area contributed by atoms with Gasteiger partial charge in [0, 0.05) is 38.8 Å². The lowest BCUT2D eigenvalue weighted by Gasteiger charge is -2.16. The van der Waals surface area contributed by atoms with Gasteiger partial charge in [0.25, 0.3) is 11.6 Å². The van der Waals surface area contributed by atoms with E-state index < -0.39 is 35.1 Å². The Hall–Kier alpha value is -2.52. The molecule has 0 atom stereocenters. The van der Waals surface area contributed by atoms with E-state index in [1.165, 1.54) is 6.92 Å². The van der Waals surface area contributed by atoms with Gasteiger partial charge in [0.05, 0.1) is 0 Å². The van der Waals surface area contributed by atoms with Crippen LogP contribution >= 0.6 is 0 Å². The second kappa shape index (κ2) is 7.84. The van der Waals surface area contributed by atoms with Gasteiger partial charge in [-0.15, -0.1) is 0 Å². The molecule has 0 aliphatic carbocycles. The summed E-state index contributed by atoms with van der Waals surface area (Å²) in [6.45, 7) is 9.62. The third-order valence-corrected chi connectivity index (χ3v) is 4.12. The number of carbonyl (C=O) groups is 4. The summed E-state index contributed by atoms with van der Waals surface area (Å²) in [4.78, 5) is 48.6. The van der Waals surface area contributed by atoms with E-state index >= 15 is 0 Å². The second-order valence-electron chi connectivity index (χ2n) is 7.22. The van der Waals surface area contributed by atoms with Gasteiger partial charge in [-0.2, -0.15) is 0 Å². The summed E-state index contributed by atoms with van der Waals surface area (Å²) in [5.41, 5.74) is -0.0284. The minimum atomic E-state index is -1.47. The van der Waals surface area contributed by atoms with Gasteiger partial charge < -0.3 is 23.7 Å². The Morgan fingerprint density at radius 2 is 1.32 bits per heavy atom. The molecule has 0 saturated carbocycles. The smallest absolute Gasteiger partial charge is 0.387 e. The van der Waals surface area contributed by atoms with E-state index in [2.05, 4.69) is 4.74 Å². The minimum Gasteiger partial charge on any atom is -0.464 e. The maximum atomic E-state index is 12.4. The van der Waals surface area contributed by atoms with Crippen molar-refractivity contribution in [1.82, 2.24) is 0 Å². The SMILES string of the molecule is CCC(C(=O)C(=O)OC(=O)C(=O)C(C)=C1COC(C)(C)O1)=C1COC(C)(C)O1. The summed E-state index contributed by atoms with van der Waals surface area (Å²) in [5.74, 6) is -6.57. The van der Waals surface area contributed by atoms with Crippen LogP contribution in [-0.4, -0.2) is 48.3 Å². The van der Waals surface area contributed by atoms with Crippen LogP contribution in [0.15, 0.2) is 22.7 Å². The number of ketones is 2. The summed E-state index contributed by atoms with van der Waals surface area (Å²) in [6, 6.07) is 0.